The van der Waals surface area contributed by atoms with Crippen molar-refractivity contribution >= 4 is 11.5 Å². The van der Waals surface area contributed by atoms with E-state index in [0.717, 1.165) is 6.42 Å². The van der Waals surface area contributed by atoms with E-state index in [0.29, 0.717) is 23.5 Å². The van der Waals surface area contributed by atoms with Crippen molar-refractivity contribution in [1.29, 1.82) is 0 Å². The Kier molecular flexibility index (Phi) is 4.62. The molecule has 1 atom stereocenters. The van der Waals surface area contributed by atoms with Crippen LogP contribution >= 0.6 is 0 Å². The molecule has 0 radical (unpaired) electrons. The highest BCUT2D eigenvalue weighted by atomic mass is 16.6. The van der Waals surface area contributed by atoms with E-state index in [4.69, 9.17) is 0 Å². The van der Waals surface area contributed by atoms with E-state index in [9.17, 15) is 10.1 Å². The third-order valence-corrected chi connectivity index (χ3v) is 4.35. The summed E-state index contributed by atoms with van der Waals surface area (Å²) in [4.78, 5) is 10.9. The molecule has 20 heavy (non-hydrogen) atoms. The minimum absolute atomic E-state index is 0.113. The van der Waals surface area contributed by atoms with E-state index in [1.807, 2.05) is 0 Å². The molecule has 1 aromatic heterocycles. The van der Waals surface area contributed by atoms with Gasteiger partial charge in [0.05, 0.1) is 4.92 Å². The monoisotopic (exact) mass is 280 g/mol. The molecule has 6 nitrogen and oxygen atoms in total. The minimum Gasteiger partial charge on any atom is -0.362 e. The molecule has 1 aliphatic carbocycles. The van der Waals surface area contributed by atoms with Gasteiger partial charge in [-0.25, -0.2) is 4.68 Å². The standard InChI is InChI=1S/C14H24N4O2/c1-4-12(11-8-6-5-7-9-11)15-14-13(18(19)20)10(2)16-17(14)3/h11-12,15H,4-9H2,1-3H3. The molecule has 0 amide bonds. The van der Waals surface area contributed by atoms with Gasteiger partial charge in [-0.15, -0.1) is 0 Å². The topological polar surface area (TPSA) is 73.0 Å². The maximum Gasteiger partial charge on any atom is 0.333 e. The third kappa shape index (κ3) is 2.94. The average Bonchev–Trinajstić information content (AvgIpc) is 2.71. The van der Waals surface area contributed by atoms with Crippen LogP contribution in [0.15, 0.2) is 0 Å². The summed E-state index contributed by atoms with van der Waals surface area (Å²) in [6, 6.07) is 0.295. The molecule has 1 fully saturated rings. The number of nitrogens with zero attached hydrogens (tertiary/aromatic N) is 3. The van der Waals surface area contributed by atoms with Gasteiger partial charge in [0.2, 0.25) is 5.82 Å². The predicted octanol–water partition coefficient (Wildman–Crippen LogP) is 3.41. The first-order valence-corrected chi connectivity index (χ1v) is 7.49. The second kappa shape index (κ2) is 6.24. The van der Waals surface area contributed by atoms with Crippen molar-refractivity contribution in [3.05, 3.63) is 15.8 Å². The zero-order chi connectivity index (χ0) is 14.7. The molecule has 1 aliphatic rings. The van der Waals surface area contributed by atoms with Crippen molar-refractivity contribution in [2.75, 3.05) is 5.32 Å². The zero-order valence-electron chi connectivity index (χ0n) is 12.6. The molecule has 0 bridgehead atoms. The fourth-order valence-electron chi connectivity index (χ4n) is 3.29. The predicted molar refractivity (Wildman–Crippen MR) is 78.9 cm³/mol. The van der Waals surface area contributed by atoms with Gasteiger partial charge in [-0.05, 0) is 32.1 Å². The van der Waals surface area contributed by atoms with E-state index in [2.05, 4.69) is 17.3 Å². The summed E-state index contributed by atoms with van der Waals surface area (Å²) < 4.78 is 1.60. The molecule has 1 unspecified atom stereocenters. The van der Waals surface area contributed by atoms with E-state index in [1.165, 1.54) is 32.1 Å². The fraction of sp³-hybridized carbons (Fsp3) is 0.786. The number of rotatable bonds is 5. The largest absolute Gasteiger partial charge is 0.362 e. The van der Waals surface area contributed by atoms with Crippen LogP contribution in [0, 0.1) is 23.0 Å². The molecule has 2 rings (SSSR count). The molecule has 1 N–H and O–H groups in total. The number of nitrogens with one attached hydrogen (secondary N) is 1. The van der Waals surface area contributed by atoms with Gasteiger partial charge in [0.1, 0.15) is 5.69 Å². The first-order valence-electron chi connectivity index (χ1n) is 7.49. The SMILES string of the molecule is CCC(Nc1c([N+](=O)[O-])c(C)nn1C)C1CCCCC1. The number of hydrogen-bond donors (Lipinski definition) is 1. The summed E-state index contributed by atoms with van der Waals surface area (Å²) in [5, 5.41) is 18.8. The molecule has 1 aromatic rings. The van der Waals surface area contributed by atoms with Crippen molar-refractivity contribution in [2.24, 2.45) is 13.0 Å². The van der Waals surface area contributed by atoms with Gasteiger partial charge in [0, 0.05) is 13.1 Å². The molecular weight excluding hydrogens is 256 g/mol. The Morgan fingerprint density at radius 3 is 2.65 bits per heavy atom. The van der Waals surface area contributed by atoms with Gasteiger partial charge in [-0.2, -0.15) is 5.10 Å². The van der Waals surface area contributed by atoms with Gasteiger partial charge >= 0.3 is 5.69 Å². The summed E-state index contributed by atoms with van der Waals surface area (Å²) in [5.41, 5.74) is 0.584. The maximum absolute atomic E-state index is 11.2. The lowest BCUT2D eigenvalue weighted by Gasteiger charge is -2.30. The number of aromatic nitrogens is 2. The summed E-state index contributed by atoms with van der Waals surface area (Å²) in [7, 11) is 1.76. The first-order chi connectivity index (χ1) is 9.54. The lowest BCUT2D eigenvalue weighted by atomic mass is 9.83. The summed E-state index contributed by atoms with van der Waals surface area (Å²) >= 11 is 0. The molecule has 1 heterocycles. The molecule has 0 spiro atoms. The van der Waals surface area contributed by atoms with Crippen LogP contribution < -0.4 is 5.32 Å². The van der Waals surface area contributed by atoms with Crippen molar-refractivity contribution in [3.63, 3.8) is 0 Å². The molecular formula is C14H24N4O2. The second-order valence-corrected chi connectivity index (χ2v) is 5.72. The van der Waals surface area contributed by atoms with E-state index < -0.39 is 0 Å². The van der Waals surface area contributed by atoms with E-state index >= 15 is 0 Å². The third-order valence-electron chi connectivity index (χ3n) is 4.35. The van der Waals surface area contributed by atoms with Crippen LogP contribution in [0.5, 0.6) is 0 Å². The van der Waals surface area contributed by atoms with Gasteiger partial charge in [0.25, 0.3) is 0 Å². The van der Waals surface area contributed by atoms with Gasteiger partial charge in [0.15, 0.2) is 0 Å². The summed E-state index contributed by atoms with van der Waals surface area (Å²) in [6.07, 6.45) is 7.28. The Balaban J connectivity index is 2.20. The smallest absolute Gasteiger partial charge is 0.333 e. The Hall–Kier alpha value is -1.59. The summed E-state index contributed by atoms with van der Waals surface area (Å²) in [5.74, 6) is 1.16. The Labute approximate surface area is 119 Å². The lowest BCUT2D eigenvalue weighted by molar-refractivity contribution is -0.384. The number of hydrogen-bond acceptors (Lipinski definition) is 4. The van der Waals surface area contributed by atoms with E-state index in [1.54, 1.807) is 18.7 Å². The number of nitro groups is 1. The minimum atomic E-state index is -0.335. The van der Waals surface area contributed by atoms with Gasteiger partial charge in [-0.1, -0.05) is 26.2 Å². The van der Waals surface area contributed by atoms with Gasteiger partial charge in [-0.3, -0.25) is 10.1 Å². The van der Waals surface area contributed by atoms with Gasteiger partial charge < -0.3 is 5.32 Å². The molecule has 112 valence electrons. The Morgan fingerprint density at radius 1 is 1.45 bits per heavy atom. The van der Waals surface area contributed by atoms with Crippen molar-refractivity contribution < 1.29 is 4.92 Å². The maximum atomic E-state index is 11.2. The number of anilines is 1. The quantitative estimate of drug-likeness (QED) is 0.662. The van der Waals surface area contributed by atoms with Crippen LogP contribution in [0.2, 0.25) is 0 Å². The highest BCUT2D eigenvalue weighted by Crippen LogP contribution is 2.33. The molecule has 0 aliphatic heterocycles. The van der Waals surface area contributed by atoms with E-state index in [-0.39, 0.29) is 10.6 Å². The average molecular weight is 280 g/mol. The van der Waals surface area contributed by atoms with Crippen LogP contribution in [0.25, 0.3) is 0 Å². The molecule has 1 saturated carbocycles. The van der Waals surface area contributed by atoms with Crippen molar-refractivity contribution in [1.82, 2.24) is 9.78 Å². The zero-order valence-corrected chi connectivity index (χ0v) is 12.6. The highest BCUT2D eigenvalue weighted by Gasteiger charge is 2.29. The molecule has 6 heteroatoms. The first kappa shape index (κ1) is 14.8. The Bertz CT molecular complexity index is 478. The fourth-order valence-corrected chi connectivity index (χ4v) is 3.29. The second-order valence-electron chi connectivity index (χ2n) is 5.72. The van der Waals surface area contributed by atoms with Crippen LogP contribution in [0.1, 0.15) is 51.1 Å². The number of aryl methyl sites for hydroxylation is 2. The van der Waals surface area contributed by atoms with Crippen LogP contribution in [0.3, 0.4) is 0 Å². The normalized spacial score (nSPS) is 17.9. The summed E-state index contributed by atoms with van der Waals surface area (Å²) in [6.45, 7) is 3.83. The lowest BCUT2D eigenvalue weighted by Crippen LogP contribution is -2.31. The highest BCUT2D eigenvalue weighted by molar-refractivity contribution is 5.59. The molecule has 0 saturated heterocycles. The Morgan fingerprint density at radius 2 is 2.10 bits per heavy atom. The van der Waals surface area contributed by atoms with Crippen LogP contribution in [-0.2, 0) is 7.05 Å². The van der Waals surface area contributed by atoms with Crippen LogP contribution in [-0.4, -0.2) is 20.7 Å². The van der Waals surface area contributed by atoms with Crippen LogP contribution in [0.4, 0.5) is 11.5 Å². The molecule has 0 aromatic carbocycles. The van der Waals surface area contributed by atoms with Crippen molar-refractivity contribution in [2.45, 2.75) is 58.4 Å². The van der Waals surface area contributed by atoms with Crippen molar-refractivity contribution in [3.8, 4) is 0 Å².